The molecule has 1 aromatic heterocycles. The molecule has 0 saturated carbocycles. The number of carboxylic acids is 1. The Morgan fingerprint density at radius 3 is 2.48 bits per heavy atom. The Morgan fingerprint density at radius 2 is 1.84 bits per heavy atom. The molecule has 0 atom stereocenters. The van der Waals surface area contributed by atoms with Gasteiger partial charge in [0.1, 0.15) is 5.82 Å². The third kappa shape index (κ3) is 3.18. The number of aryl methyl sites for hydroxylation is 1. The number of aromatic nitrogens is 1. The van der Waals surface area contributed by atoms with Crippen molar-refractivity contribution < 1.29 is 22.7 Å². The summed E-state index contributed by atoms with van der Waals surface area (Å²) in [6, 6.07) is 10.0. The van der Waals surface area contributed by atoms with Crippen LogP contribution in [0.4, 0.5) is 4.39 Å². The van der Waals surface area contributed by atoms with Crippen molar-refractivity contribution >= 4 is 33.0 Å². The Kier molecular flexibility index (Phi) is 4.18. The molecule has 0 bridgehead atoms. The molecule has 5 nitrogen and oxygen atoms in total. The normalized spacial score (nSPS) is 12.1. The molecule has 0 amide bonds. The maximum absolute atomic E-state index is 13.6. The smallest absolute Gasteiger partial charge is 0.328 e. The average Bonchev–Trinajstić information content (AvgIpc) is 2.92. The van der Waals surface area contributed by atoms with Crippen molar-refractivity contribution in [3.8, 4) is 0 Å². The van der Waals surface area contributed by atoms with Crippen LogP contribution in [0, 0.1) is 12.7 Å². The van der Waals surface area contributed by atoms with Crippen LogP contribution in [0.2, 0.25) is 0 Å². The Hall–Kier alpha value is -2.93. The highest BCUT2D eigenvalue weighted by molar-refractivity contribution is 7.90. The zero-order chi connectivity index (χ0) is 18.2. The lowest BCUT2D eigenvalue weighted by Gasteiger charge is -2.07. The van der Waals surface area contributed by atoms with Gasteiger partial charge >= 0.3 is 5.97 Å². The fourth-order valence-corrected chi connectivity index (χ4v) is 3.89. The summed E-state index contributed by atoms with van der Waals surface area (Å²) in [5.41, 5.74) is 1.49. The van der Waals surface area contributed by atoms with E-state index >= 15 is 0 Å². The van der Waals surface area contributed by atoms with Crippen LogP contribution >= 0.6 is 0 Å². The van der Waals surface area contributed by atoms with Gasteiger partial charge in [0.05, 0.1) is 10.4 Å². The lowest BCUT2D eigenvalue weighted by Crippen LogP contribution is -2.11. The van der Waals surface area contributed by atoms with Gasteiger partial charge in [-0.2, -0.15) is 0 Å². The molecule has 0 aliphatic heterocycles. The number of benzene rings is 2. The molecule has 0 aliphatic carbocycles. The highest BCUT2D eigenvalue weighted by Gasteiger charge is 2.21. The van der Waals surface area contributed by atoms with E-state index in [0.717, 1.165) is 21.7 Å². The number of aliphatic carboxylic acids is 1. The number of halogens is 1. The molecule has 3 aromatic rings. The molecule has 0 saturated heterocycles. The predicted molar refractivity (Wildman–Crippen MR) is 92.3 cm³/mol. The summed E-state index contributed by atoms with van der Waals surface area (Å²) in [5, 5.41) is 9.10. The van der Waals surface area contributed by atoms with E-state index in [4.69, 9.17) is 5.11 Å². The van der Waals surface area contributed by atoms with Crippen molar-refractivity contribution in [1.29, 1.82) is 0 Å². The average molecular weight is 359 g/mol. The van der Waals surface area contributed by atoms with Gasteiger partial charge in [-0.05, 0) is 43.3 Å². The van der Waals surface area contributed by atoms with Gasteiger partial charge in [0.2, 0.25) is 0 Å². The number of hydrogen-bond donors (Lipinski definition) is 1. The van der Waals surface area contributed by atoms with E-state index in [0.29, 0.717) is 10.9 Å². The van der Waals surface area contributed by atoms with Crippen molar-refractivity contribution in [2.24, 2.45) is 0 Å². The van der Waals surface area contributed by atoms with Gasteiger partial charge in [0, 0.05) is 23.2 Å². The van der Waals surface area contributed by atoms with Crippen molar-refractivity contribution in [2.45, 2.75) is 11.8 Å². The second-order valence-electron chi connectivity index (χ2n) is 5.53. The number of fused-ring (bicyclic) bond motifs is 1. The summed E-state index contributed by atoms with van der Waals surface area (Å²) in [6.07, 6.45) is 3.41. The minimum atomic E-state index is -3.90. The Morgan fingerprint density at radius 1 is 1.16 bits per heavy atom. The monoisotopic (exact) mass is 359 g/mol. The molecule has 25 heavy (non-hydrogen) atoms. The second kappa shape index (κ2) is 6.18. The van der Waals surface area contributed by atoms with Crippen LogP contribution in [-0.4, -0.2) is 23.5 Å². The molecular formula is C18H14FNO4S. The molecule has 128 valence electrons. The van der Waals surface area contributed by atoms with E-state index in [1.54, 1.807) is 12.1 Å². The minimum absolute atomic E-state index is 0.0908. The van der Waals surface area contributed by atoms with Crippen molar-refractivity contribution in [2.75, 3.05) is 0 Å². The van der Waals surface area contributed by atoms with E-state index in [2.05, 4.69) is 0 Å². The van der Waals surface area contributed by atoms with Crippen LogP contribution in [0.1, 0.15) is 11.1 Å². The van der Waals surface area contributed by atoms with Crippen molar-refractivity contribution in [1.82, 2.24) is 3.97 Å². The van der Waals surface area contributed by atoms with Gasteiger partial charge in [0.15, 0.2) is 0 Å². The molecule has 0 aliphatic rings. The van der Waals surface area contributed by atoms with E-state index in [1.165, 1.54) is 36.5 Å². The SMILES string of the molecule is Cc1ccc(S(=O)(=O)n2cc(C=CC(=O)O)c3cc(F)ccc32)cc1. The summed E-state index contributed by atoms with van der Waals surface area (Å²) < 4.78 is 40.5. The van der Waals surface area contributed by atoms with Crippen LogP contribution in [0.3, 0.4) is 0 Å². The largest absolute Gasteiger partial charge is 0.478 e. The Balaban J connectivity index is 2.25. The standard InChI is InChI=1S/C18H14FNO4S/c1-12-2-6-15(7-3-12)25(23,24)20-11-13(4-9-18(21)22)16-10-14(19)5-8-17(16)20/h2-11H,1H3,(H,21,22). The van der Waals surface area contributed by atoms with E-state index < -0.39 is 21.8 Å². The summed E-state index contributed by atoms with van der Waals surface area (Å²) in [7, 11) is -3.90. The number of hydrogen-bond acceptors (Lipinski definition) is 3. The van der Waals surface area contributed by atoms with Crippen LogP contribution in [-0.2, 0) is 14.8 Å². The number of rotatable bonds is 4. The van der Waals surface area contributed by atoms with Crippen LogP contribution < -0.4 is 0 Å². The first-order valence-corrected chi connectivity index (χ1v) is 8.77. The molecule has 3 rings (SSSR count). The molecule has 1 N–H and O–H groups in total. The molecule has 0 radical (unpaired) electrons. The van der Waals surface area contributed by atoms with Crippen LogP contribution in [0.25, 0.3) is 17.0 Å². The molecule has 7 heteroatoms. The fourth-order valence-electron chi connectivity index (χ4n) is 2.51. The summed E-state index contributed by atoms with van der Waals surface area (Å²) in [4.78, 5) is 10.8. The number of carbonyl (C=O) groups is 1. The Bertz CT molecular complexity index is 1100. The third-order valence-corrected chi connectivity index (χ3v) is 5.43. The van der Waals surface area contributed by atoms with Gasteiger partial charge < -0.3 is 5.11 Å². The lowest BCUT2D eigenvalue weighted by atomic mass is 10.1. The zero-order valence-electron chi connectivity index (χ0n) is 13.2. The highest BCUT2D eigenvalue weighted by Crippen LogP contribution is 2.27. The molecule has 0 unspecified atom stereocenters. The van der Waals surface area contributed by atoms with Gasteiger partial charge in [-0.15, -0.1) is 0 Å². The number of carboxylic acid groups (broad SMARTS) is 1. The van der Waals surface area contributed by atoms with E-state index in [1.807, 2.05) is 6.92 Å². The summed E-state index contributed by atoms with van der Waals surface area (Å²) >= 11 is 0. The lowest BCUT2D eigenvalue weighted by molar-refractivity contribution is -0.131. The third-order valence-electron chi connectivity index (χ3n) is 3.75. The van der Waals surface area contributed by atoms with Crippen molar-refractivity contribution in [3.63, 3.8) is 0 Å². The minimum Gasteiger partial charge on any atom is -0.478 e. The quantitative estimate of drug-likeness (QED) is 0.724. The van der Waals surface area contributed by atoms with Crippen LogP contribution in [0.5, 0.6) is 0 Å². The van der Waals surface area contributed by atoms with Gasteiger partial charge in [-0.25, -0.2) is 21.6 Å². The fraction of sp³-hybridized carbons (Fsp3) is 0.0556. The summed E-state index contributed by atoms with van der Waals surface area (Å²) in [5.74, 6) is -1.72. The van der Waals surface area contributed by atoms with Crippen molar-refractivity contribution in [3.05, 3.63) is 71.7 Å². The van der Waals surface area contributed by atoms with Gasteiger partial charge in [-0.1, -0.05) is 17.7 Å². The van der Waals surface area contributed by atoms with Gasteiger partial charge in [-0.3, -0.25) is 0 Å². The first-order valence-electron chi connectivity index (χ1n) is 7.33. The molecular weight excluding hydrogens is 345 g/mol. The number of nitrogens with zero attached hydrogens (tertiary/aromatic N) is 1. The van der Waals surface area contributed by atoms with E-state index in [9.17, 15) is 17.6 Å². The van der Waals surface area contributed by atoms with Gasteiger partial charge in [0.25, 0.3) is 10.0 Å². The summed E-state index contributed by atoms with van der Waals surface area (Å²) in [6.45, 7) is 1.85. The molecule has 0 fully saturated rings. The highest BCUT2D eigenvalue weighted by atomic mass is 32.2. The van der Waals surface area contributed by atoms with Crippen LogP contribution in [0.15, 0.2) is 59.6 Å². The first kappa shape index (κ1) is 16.9. The molecule has 2 aromatic carbocycles. The molecule has 1 heterocycles. The zero-order valence-corrected chi connectivity index (χ0v) is 14.0. The van der Waals surface area contributed by atoms with E-state index in [-0.39, 0.29) is 10.4 Å². The second-order valence-corrected chi connectivity index (χ2v) is 7.35. The topological polar surface area (TPSA) is 76.4 Å². The molecule has 0 spiro atoms. The maximum Gasteiger partial charge on any atom is 0.328 e. The Labute approximate surface area is 143 Å². The predicted octanol–water partition coefficient (Wildman–Crippen LogP) is 3.42. The first-order chi connectivity index (χ1) is 11.8. The maximum atomic E-state index is 13.6.